The molecule has 0 bridgehead atoms. The van der Waals surface area contributed by atoms with Gasteiger partial charge in [-0.05, 0) is 30.4 Å². The van der Waals surface area contributed by atoms with Crippen molar-refractivity contribution in [1.82, 2.24) is 0 Å². The smallest absolute Gasteiger partial charge is 0.255 e. The summed E-state index contributed by atoms with van der Waals surface area (Å²) < 4.78 is 0. The van der Waals surface area contributed by atoms with Crippen LogP contribution in [-0.4, -0.2) is 43.5 Å². The van der Waals surface area contributed by atoms with Crippen molar-refractivity contribution in [3.05, 3.63) is 46.2 Å². The normalized spacial score (nSPS) is 30.0. The Kier molecular flexibility index (Phi) is 3.48. The molecule has 0 aliphatic heterocycles. The number of aliphatic hydroxyl groups excluding tert-OH is 2. The first-order chi connectivity index (χ1) is 12.7. The Labute approximate surface area is 153 Å². The van der Waals surface area contributed by atoms with Crippen molar-refractivity contribution in [1.29, 1.82) is 0 Å². The molecule has 6 N–H and O–H groups in total. The monoisotopic (exact) mass is 371 g/mol. The second kappa shape index (κ2) is 5.43. The van der Waals surface area contributed by atoms with Gasteiger partial charge in [0.05, 0.1) is 5.56 Å². The molecule has 3 aliphatic rings. The summed E-state index contributed by atoms with van der Waals surface area (Å²) in [6.07, 6.45) is 0.142. The van der Waals surface area contributed by atoms with Gasteiger partial charge in [-0.15, -0.1) is 0 Å². The maximum atomic E-state index is 13.1. The standard InChI is InChI=1S/C19H17NO7/c20-18(26)14-11(22)6-9-5-8-4-7-2-1-3-10(21)12(7)15(23)13(8)16(24)19(9,27)17(14)25/h1-3,8-9,21,23,25,27H,4-6H2,(H2,20,26). The topological polar surface area (TPSA) is 158 Å². The first kappa shape index (κ1) is 17.3. The number of carbonyl (C=O) groups excluding carboxylic acids is 3. The lowest BCUT2D eigenvalue weighted by molar-refractivity contribution is -0.147. The zero-order valence-corrected chi connectivity index (χ0v) is 14.1. The molecule has 0 aromatic heterocycles. The van der Waals surface area contributed by atoms with Crippen LogP contribution in [0.2, 0.25) is 0 Å². The Morgan fingerprint density at radius 3 is 2.52 bits per heavy atom. The van der Waals surface area contributed by atoms with Crippen LogP contribution in [-0.2, 0) is 20.8 Å². The minimum absolute atomic E-state index is 0.102. The Balaban J connectivity index is 1.93. The van der Waals surface area contributed by atoms with E-state index < -0.39 is 52.0 Å². The van der Waals surface area contributed by atoms with Crippen molar-refractivity contribution in [3.63, 3.8) is 0 Å². The minimum Gasteiger partial charge on any atom is -0.508 e. The van der Waals surface area contributed by atoms with Crippen LogP contribution >= 0.6 is 0 Å². The van der Waals surface area contributed by atoms with Gasteiger partial charge in [-0.3, -0.25) is 14.4 Å². The van der Waals surface area contributed by atoms with Crippen LogP contribution in [0.1, 0.15) is 24.0 Å². The van der Waals surface area contributed by atoms with Crippen molar-refractivity contribution < 1.29 is 34.8 Å². The maximum absolute atomic E-state index is 13.1. The van der Waals surface area contributed by atoms with E-state index in [0.717, 1.165) is 0 Å². The highest BCUT2D eigenvalue weighted by Crippen LogP contribution is 2.51. The number of carbonyl (C=O) groups is 3. The molecule has 3 aliphatic carbocycles. The Morgan fingerprint density at radius 1 is 1.15 bits per heavy atom. The number of benzene rings is 1. The summed E-state index contributed by atoms with van der Waals surface area (Å²) in [6, 6.07) is 4.69. The fraction of sp³-hybridized carbons (Fsp3) is 0.316. The fourth-order valence-corrected chi connectivity index (χ4v) is 4.56. The van der Waals surface area contributed by atoms with E-state index in [2.05, 4.69) is 0 Å². The number of hydrogen-bond acceptors (Lipinski definition) is 7. The summed E-state index contributed by atoms with van der Waals surface area (Å²) in [4.78, 5) is 36.8. The predicted octanol–water partition coefficient (Wildman–Crippen LogP) is 0.424. The van der Waals surface area contributed by atoms with Crippen LogP contribution in [0.5, 0.6) is 5.75 Å². The molecule has 0 spiro atoms. The number of fused-ring (bicyclic) bond motifs is 3. The number of aromatic hydroxyl groups is 1. The molecule has 140 valence electrons. The number of rotatable bonds is 1. The van der Waals surface area contributed by atoms with Crippen LogP contribution in [0.4, 0.5) is 0 Å². The molecular formula is C19H17NO7. The molecule has 8 nitrogen and oxygen atoms in total. The van der Waals surface area contributed by atoms with Crippen LogP contribution in [0, 0.1) is 11.8 Å². The number of amides is 1. The summed E-state index contributed by atoms with van der Waals surface area (Å²) in [7, 11) is 0. The maximum Gasteiger partial charge on any atom is 0.255 e. The highest BCUT2D eigenvalue weighted by Gasteiger charge is 2.60. The number of nitrogens with two attached hydrogens (primary N) is 1. The SMILES string of the molecule is NC(=O)C1=C(O)C2(O)C(=O)C3=C(O)c4c(O)cccc4CC3CC2CC1=O. The molecule has 3 atom stereocenters. The molecular weight excluding hydrogens is 354 g/mol. The molecule has 1 saturated carbocycles. The molecule has 3 unspecified atom stereocenters. The van der Waals surface area contributed by atoms with Crippen LogP contribution in [0.3, 0.4) is 0 Å². The molecule has 0 heterocycles. The second-order valence-corrected chi connectivity index (χ2v) is 7.22. The molecule has 27 heavy (non-hydrogen) atoms. The number of phenolic OH excluding ortho intramolecular Hbond substituents is 1. The minimum atomic E-state index is -2.51. The molecule has 1 aromatic rings. The van der Waals surface area contributed by atoms with Gasteiger partial charge in [0.1, 0.15) is 22.8 Å². The van der Waals surface area contributed by atoms with Gasteiger partial charge < -0.3 is 26.2 Å². The largest absolute Gasteiger partial charge is 0.508 e. The number of aliphatic hydroxyl groups is 3. The van der Waals surface area contributed by atoms with Gasteiger partial charge in [-0.1, -0.05) is 12.1 Å². The average Bonchev–Trinajstić information content (AvgIpc) is 2.57. The lowest BCUT2D eigenvalue weighted by atomic mass is 9.59. The third-order valence-electron chi connectivity index (χ3n) is 5.80. The fourth-order valence-electron chi connectivity index (χ4n) is 4.56. The van der Waals surface area contributed by atoms with Gasteiger partial charge in [0, 0.05) is 17.9 Å². The summed E-state index contributed by atoms with van der Waals surface area (Å²) in [5.74, 6) is -6.14. The second-order valence-electron chi connectivity index (χ2n) is 7.22. The third-order valence-corrected chi connectivity index (χ3v) is 5.80. The van der Waals surface area contributed by atoms with E-state index in [1.54, 1.807) is 12.1 Å². The number of ketones is 2. The Bertz CT molecular complexity index is 990. The Morgan fingerprint density at radius 2 is 1.85 bits per heavy atom. The van der Waals surface area contributed by atoms with Crippen molar-refractivity contribution in [3.8, 4) is 5.75 Å². The molecule has 0 radical (unpaired) electrons. The number of primary amides is 1. The van der Waals surface area contributed by atoms with Gasteiger partial charge in [0.2, 0.25) is 5.78 Å². The van der Waals surface area contributed by atoms with E-state index in [9.17, 15) is 34.8 Å². The van der Waals surface area contributed by atoms with Crippen LogP contribution in [0.25, 0.3) is 5.76 Å². The lowest BCUT2D eigenvalue weighted by Gasteiger charge is -2.46. The van der Waals surface area contributed by atoms with Crippen molar-refractivity contribution in [2.24, 2.45) is 17.6 Å². The van der Waals surface area contributed by atoms with Gasteiger partial charge in [-0.25, -0.2) is 0 Å². The number of phenols is 1. The van der Waals surface area contributed by atoms with E-state index in [1.165, 1.54) is 6.07 Å². The molecule has 4 rings (SSSR count). The third kappa shape index (κ3) is 2.10. The Hall–Kier alpha value is -3.13. The van der Waals surface area contributed by atoms with Crippen molar-refractivity contribution in [2.75, 3.05) is 0 Å². The molecule has 8 heteroatoms. The summed E-state index contributed by atoms with van der Waals surface area (Å²) in [6.45, 7) is 0. The van der Waals surface area contributed by atoms with E-state index in [-0.39, 0.29) is 29.7 Å². The van der Waals surface area contributed by atoms with Gasteiger partial charge in [0.25, 0.3) is 5.91 Å². The van der Waals surface area contributed by atoms with E-state index in [4.69, 9.17) is 5.73 Å². The highest BCUT2D eigenvalue weighted by atomic mass is 16.3. The average molecular weight is 371 g/mol. The summed E-state index contributed by atoms with van der Waals surface area (Å²) in [5, 5.41) is 42.1. The molecule has 1 amide bonds. The van der Waals surface area contributed by atoms with Crippen LogP contribution < -0.4 is 5.73 Å². The van der Waals surface area contributed by atoms with E-state index in [1.807, 2.05) is 0 Å². The van der Waals surface area contributed by atoms with E-state index >= 15 is 0 Å². The first-order valence-corrected chi connectivity index (χ1v) is 8.46. The van der Waals surface area contributed by atoms with Gasteiger partial charge in [0.15, 0.2) is 11.4 Å². The van der Waals surface area contributed by atoms with E-state index in [0.29, 0.717) is 12.0 Å². The lowest BCUT2D eigenvalue weighted by Crippen LogP contribution is -2.58. The molecule has 0 saturated heterocycles. The quantitative estimate of drug-likeness (QED) is 0.448. The first-order valence-electron chi connectivity index (χ1n) is 8.46. The number of hydrogen-bond donors (Lipinski definition) is 5. The van der Waals surface area contributed by atoms with Gasteiger partial charge >= 0.3 is 0 Å². The molecule has 1 fully saturated rings. The van der Waals surface area contributed by atoms with Crippen LogP contribution in [0.15, 0.2) is 35.1 Å². The zero-order chi connectivity index (χ0) is 19.7. The number of Topliss-reactive ketones (excluding diaryl/α,β-unsaturated/α-hetero) is 2. The van der Waals surface area contributed by atoms with Crippen molar-refractivity contribution >= 4 is 23.2 Å². The predicted molar refractivity (Wildman–Crippen MR) is 91.4 cm³/mol. The zero-order valence-electron chi connectivity index (χ0n) is 14.1. The highest BCUT2D eigenvalue weighted by molar-refractivity contribution is 6.22. The summed E-state index contributed by atoms with van der Waals surface area (Å²) >= 11 is 0. The van der Waals surface area contributed by atoms with Crippen molar-refractivity contribution in [2.45, 2.75) is 24.9 Å². The molecule has 1 aromatic carbocycles. The summed E-state index contributed by atoms with van der Waals surface area (Å²) in [5.41, 5.74) is 2.42. The van der Waals surface area contributed by atoms with Gasteiger partial charge in [-0.2, -0.15) is 0 Å².